The lowest BCUT2D eigenvalue weighted by Gasteiger charge is -2.26. The van der Waals surface area contributed by atoms with Crippen LogP contribution in [0.3, 0.4) is 0 Å². The number of nitrogens with one attached hydrogen (secondary N) is 3. The number of carboxylic acid groups (broad SMARTS) is 1. The van der Waals surface area contributed by atoms with E-state index in [1.54, 1.807) is 34.6 Å². The summed E-state index contributed by atoms with van der Waals surface area (Å²) < 4.78 is 5.19. The first kappa shape index (κ1) is 26.4. The molecule has 0 saturated heterocycles. The Morgan fingerprint density at radius 2 is 1.48 bits per heavy atom. The zero-order valence-electron chi connectivity index (χ0n) is 18.1. The molecule has 0 aliphatic rings. The predicted molar refractivity (Wildman–Crippen MR) is 105 cm³/mol. The summed E-state index contributed by atoms with van der Waals surface area (Å²) in [6.45, 7) is 11.1. The van der Waals surface area contributed by atoms with Crippen LogP contribution in [0.1, 0.15) is 61.3 Å². The molecule has 10 heteroatoms. The molecule has 0 aliphatic heterocycles. The summed E-state index contributed by atoms with van der Waals surface area (Å²) in [5.41, 5.74) is -0.676. The van der Waals surface area contributed by atoms with Gasteiger partial charge in [0.2, 0.25) is 17.7 Å². The summed E-state index contributed by atoms with van der Waals surface area (Å²) in [6, 6.07) is -3.19. The van der Waals surface area contributed by atoms with Gasteiger partial charge in [0.15, 0.2) is 0 Å². The lowest BCUT2D eigenvalue weighted by atomic mass is 10.0. The smallest absolute Gasteiger partial charge is 0.325 e. The Hall–Kier alpha value is -2.65. The molecule has 0 heterocycles. The topological polar surface area (TPSA) is 151 Å². The van der Waals surface area contributed by atoms with Crippen molar-refractivity contribution in [3.8, 4) is 0 Å². The van der Waals surface area contributed by atoms with E-state index >= 15 is 0 Å². The maximum atomic E-state index is 12.6. The van der Waals surface area contributed by atoms with Crippen LogP contribution in [-0.4, -0.2) is 58.5 Å². The number of rotatable bonds is 10. The predicted octanol–water partition coefficient (Wildman–Crippen LogP) is 0.343. The van der Waals surface area contributed by atoms with Gasteiger partial charge in [0.05, 0.1) is 0 Å². The van der Waals surface area contributed by atoms with Gasteiger partial charge >= 0.3 is 11.9 Å². The van der Waals surface area contributed by atoms with Gasteiger partial charge < -0.3 is 25.8 Å². The monoisotopic (exact) mass is 415 g/mol. The van der Waals surface area contributed by atoms with E-state index in [0.717, 1.165) is 0 Å². The zero-order chi connectivity index (χ0) is 22.9. The van der Waals surface area contributed by atoms with Crippen LogP contribution in [-0.2, 0) is 28.7 Å². The van der Waals surface area contributed by atoms with Crippen molar-refractivity contribution in [2.45, 2.75) is 85.0 Å². The summed E-state index contributed by atoms with van der Waals surface area (Å²) in [5, 5.41) is 16.2. The van der Waals surface area contributed by atoms with Gasteiger partial charge in [-0.2, -0.15) is 0 Å². The molecule has 0 bridgehead atoms. The average Bonchev–Trinajstić information content (AvgIpc) is 2.53. The molecule has 0 rings (SSSR count). The average molecular weight is 415 g/mol. The van der Waals surface area contributed by atoms with Crippen molar-refractivity contribution in [1.29, 1.82) is 0 Å². The molecule has 3 amide bonds. The van der Waals surface area contributed by atoms with Crippen molar-refractivity contribution in [2.75, 3.05) is 0 Å². The van der Waals surface area contributed by atoms with E-state index in [2.05, 4.69) is 16.0 Å². The van der Waals surface area contributed by atoms with Gasteiger partial charge in [0.1, 0.15) is 23.7 Å². The maximum Gasteiger partial charge on any atom is 0.325 e. The number of amides is 3. The molecular weight excluding hydrogens is 382 g/mol. The van der Waals surface area contributed by atoms with Gasteiger partial charge in [-0.1, -0.05) is 13.8 Å². The summed E-state index contributed by atoms with van der Waals surface area (Å²) >= 11 is 0. The van der Waals surface area contributed by atoms with Crippen molar-refractivity contribution in [3.63, 3.8) is 0 Å². The van der Waals surface area contributed by atoms with Crippen LogP contribution in [0.2, 0.25) is 0 Å². The number of esters is 1. The fourth-order valence-electron chi connectivity index (χ4n) is 2.32. The van der Waals surface area contributed by atoms with Crippen LogP contribution in [0.5, 0.6) is 0 Å². The van der Waals surface area contributed by atoms with Crippen molar-refractivity contribution in [2.24, 2.45) is 5.92 Å². The van der Waals surface area contributed by atoms with Crippen LogP contribution < -0.4 is 16.0 Å². The Kier molecular flexibility index (Phi) is 10.3. The molecule has 0 fully saturated rings. The highest BCUT2D eigenvalue weighted by Crippen LogP contribution is 2.11. The molecule has 0 saturated carbocycles. The van der Waals surface area contributed by atoms with E-state index in [9.17, 15) is 24.0 Å². The quantitative estimate of drug-likeness (QED) is 0.376. The van der Waals surface area contributed by atoms with E-state index in [1.807, 2.05) is 0 Å². The molecule has 0 aromatic carbocycles. The zero-order valence-corrected chi connectivity index (χ0v) is 18.1. The number of carbonyl (C=O) groups excluding carboxylic acids is 4. The van der Waals surface area contributed by atoms with Gasteiger partial charge in [0, 0.05) is 13.3 Å². The first-order valence-electron chi connectivity index (χ1n) is 9.46. The second kappa shape index (κ2) is 11.4. The standard InChI is InChI=1S/C19H33N3O7/c1-10(2)15(17(26)20-11(3)18(27)28)22-16(25)13(21-12(4)23)8-9-14(24)29-19(5,6)7/h10-11,13,15H,8-9H2,1-7H3,(H,20,26)(H,21,23)(H,22,25)(H,27,28)/t11-,13-,15-/m0/s1. The van der Waals surface area contributed by atoms with Crippen molar-refractivity contribution in [3.05, 3.63) is 0 Å². The lowest BCUT2D eigenvalue weighted by molar-refractivity contribution is -0.155. The number of ether oxygens (including phenoxy) is 1. The van der Waals surface area contributed by atoms with E-state index in [1.165, 1.54) is 13.8 Å². The Morgan fingerprint density at radius 3 is 1.90 bits per heavy atom. The number of carboxylic acids is 1. The van der Waals surface area contributed by atoms with Crippen LogP contribution in [0.15, 0.2) is 0 Å². The van der Waals surface area contributed by atoms with E-state index < -0.39 is 53.4 Å². The highest BCUT2D eigenvalue weighted by molar-refractivity contribution is 5.93. The molecule has 0 aromatic heterocycles. The van der Waals surface area contributed by atoms with Crippen LogP contribution in [0.4, 0.5) is 0 Å². The summed E-state index contributed by atoms with van der Waals surface area (Å²) in [5.74, 6) is -3.85. The Bertz CT molecular complexity index is 626. The van der Waals surface area contributed by atoms with Gasteiger partial charge in [-0.25, -0.2) is 0 Å². The SMILES string of the molecule is CC(=O)N[C@@H](CCC(=O)OC(C)(C)C)C(=O)N[C@H](C(=O)N[C@@H](C)C(=O)O)C(C)C. The number of hydrogen-bond donors (Lipinski definition) is 4. The third-order valence-corrected chi connectivity index (χ3v) is 3.73. The molecule has 166 valence electrons. The maximum absolute atomic E-state index is 12.6. The highest BCUT2D eigenvalue weighted by atomic mass is 16.6. The fraction of sp³-hybridized carbons (Fsp3) is 0.737. The minimum Gasteiger partial charge on any atom is -0.480 e. The third-order valence-electron chi connectivity index (χ3n) is 3.73. The molecule has 29 heavy (non-hydrogen) atoms. The molecule has 0 aromatic rings. The second-order valence-electron chi connectivity index (χ2n) is 8.18. The molecule has 0 spiro atoms. The number of aliphatic carboxylic acids is 1. The molecule has 4 N–H and O–H groups in total. The number of carbonyl (C=O) groups is 5. The fourth-order valence-corrected chi connectivity index (χ4v) is 2.32. The van der Waals surface area contributed by atoms with Gasteiger partial charge in [0.25, 0.3) is 0 Å². The van der Waals surface area contributed by atoms with Gasteiger partial charge in [-0.05, 0) is 40.0 Å². The molecule has 0 unspecified atom stereocenters. The minimum atomic E-state index is -1.21. The lowest BCUT2D eigenvalue weighted by Crippen LogP contribution is -2.57. The van der Waals surface area contributed by atoms with Gasteiger partial charge in [-0.15, -0.1) is 0 Å². The van der Waals surface area contributed by atoms with Crippen molar-refractivity contribution < 1.29 is 33.8 Å². The van der Waals surface area contributed by atoms with Gasteiger partial charge in [-0.3, -0.25) is 24.0 Å². The molecule has 0 aliphatic carbocycles. The molecular formula is C19H33N3O7. The molecule has 3 atom stereocenters. The normalized spacial score (nSPS) is 14.3. The highest BCUT2D eigenvalue weighted by Gasteiger charge is 2.30. The third kappa shape index (κ3) is 11.1. The van der Waals surface area contributed by atoms with E-state index in [4.69, 9.17) is 9.84 Å². The minimum absolute atomic E-state index is 0.0156. The number of hydrogen-bond acceptors (Lipinski definition) is 6. The van der Waals surface area contributed by atoms with Crippen LogP contribution >= 0.6 is 0 Å². The second-order valence-corrected chi connectivity index (χ2v) is 8.18. The first-order chi connectivity index (χ1) is 13.1. The Balaban J connectivity index is 5.15. The van der Waals surface area contributed by atoms with E-state index in [0.29, 0.717) is 0 Å². The van der Waals surface area contributed by atoms with Crippen molar-refractivity contribution >= 4 is 29.7 Å². The molecule has 10 nitrogen and oxygen atoms in total. The molecule has 0 radical (unpaired) electrons. The summed E-state index contributed by atoms with van der Waals surface area (Å²) in [4.78, 5) is 59.3. The Morgan fingerprint density at radius 1 is 0.931 bits per heavy atom. The summed E-state index contributed by atoms with van der Waals surface area (Å²) in [7, 11) is 0. The largest absolute Gasteiger partial charge is 0.480 e. The Labute approximate surface area is 171 Å². The van der Waals surface area contributed by atoms with Crippen molar-refractivity contribution in [1.82, 2.24) is 16.0 Å². The van der Waals surface area contributed by atoms with Crippen LogP contribution in [0.25, 0.3) is 0 Å². The summed E-state index contributed by atoms with van der Waals surface area (Å²) in [6.07, 6.45) is -0.123. The van der Waals surface area contributed by atoms with E-state index in [-0.39, 0.29) is 18.8 Å². The van der Waals surface area contributed by atoms with Crippen LogP contribution in [0, 0.1) is 5.92 Å². The first-order valence-corrected chi connectivity index (χ1v) is 9.46.